The molecule has 1 saturated heterocycles. The molecule has 0 bridgehead atoms. The van der Waals surface area contributed by atoms with E-state index in [1.54, 1.807) is 14.2 Å². The zero-order chi connectivity index (χ0) is 6.24. The maximum atomic E-state index is 4.91. The number of methoxy groups -OCH3 is 1. The average molecular weight is 136 g/mol. The highest BCUT2D eigenvalue weighted by atomic mass is 32.2. The topological polar surface area (TPSA) is 18.5 Å². The van der Waals surface area contributed by atoms with Crippen molar-refractivity contribution in [2.45, 2.75) is 0 Å². The standard InChI is InChI=1S/C3H6OS.C2H6O/c1-2-5-3-4-1;1-3-2/h1-3H2;1-2H3. The Morgan fingerprint density at radius 3 is 2.25 bits per heavy atom. The number of hydrogen-bond donors (Lipinski definition) is 0. The second-order valence-electron chi connectivity index (χ2n) is 1.34. The molecule has 0 aliphatic carbocycles. The summed E-state index contributed by atoms with van der Waals surface area (Å²) >= 11 is 1.85. The van der Waals surface area contributed by atoms with Gasteiger partial charge in [0.05, 0.1) is 12.5 Å². The Kier molecular flexibility index (Phi) is 7.52. The molecule has 0 aromatic rings. The molecule has 0 spiro atoms. The van der Waals surface area contributed by atoms with E-state index in [0.29, 0.717) is 0 Å². The van der Waals surface area contributed by atoms with Crippen molar-refractivity contribution in [2.24, 2.45) is 0 Å². The third-order valence-electron chi connectivity index (χ3n) is 0.539. The maximum Gasteiger partial charge on any atom is 0.0922 e. The van der Waals surface area contributed by atoms with Crippen molar-refractivity contribution in [3.63, 3.8) is 0 Å². The van der Waals surface area contributed by atoms with Crippen molar-refractivity contribution < 1.29 is 9.47 Å². The second-order valence-corrected chi connectivity index (χ2v) is 2.39. The first-order valence-electron chi connectivity index (χ1n) is 2.47. The maximum absolute atomic E-state index is 4.91. The Balaban J connectivity index is 0.000000145. The summed E-state index contributed by atoms with van der Waals surface area (Å²) < 4.78 is 9.16. The first-order chi connectivity index (χ1) is 3.91. The average Bonchev–Trinajstić information content (AvgIpc) is 2.17. The van der Waals surface area contributed by atoms with E-state index in [9.17, 15) is 0 Å². The molecule has 2 nitrogen and oxygen atoms in total. The van der Waals surface area contributed by atoms with Gasteiger partial charge in [0.2, 0.25) is 0 Å². The highest BCUT2D eigenvalue weighted by Crippen LogP contribution is 2.06. The van der Waals surface area contributed by atoms with Gasteiger partial charge in [-0.25, -0.2) is 0 Å². The second kappa shape index (κ2) is 7.27. The fourth-order valence-corrected chi connectivity index (χ4v) is 0.884. The first kappa shape index (κ1) is 8.27. The molecular weight excluding hydrogens is 124 g/mol. The quantitative estimate of drug-likeness (QED) is 0.494. The van der Waals surface area contributed by atoms with Crippen LogP contribution in [0.5, 0.6) is 0 Å². The molecule has 0 aromatic carbocycles. The van der Waals surface area contributed by atoms with Gasteiger partial charge in [-0.05, 0) is 0 Å². The minimum absolute atomic E-state index is 0.917. The van der Waals surface area contributed by atoms with Gasteiger partial charge in [-0.15, -0.1) is 11.8 Å². The van der Waals surface area contributed by atoms with E-state index < -0.39 is 0 Å². The molecule has 0 atom stereocenters. The predicted molar refractivity (Wildman–Crippen MR) is 36.2 cm³/mol. The van der Waals surface area contributed by atoms with Crippen LogP contribution in [0.3, 0.4) is 0 Å². The van der Waals surface area contributed by atoms with Crippen LogP contribution >= 0.6 is 11.8 Å². The Morgan fingerprint density at radius 1 is 1.50 bits per heavy atom. The molecule has 1 aliphatic heterocycles. The molecule has 1 heterocycles. The van der Waals surface area contributed by atoms with Gasteiger partial charge in [0.25, 0.3) is 0 Å². The molecule has 1 aliphatic rings. The molecule has 0 unspecified atom stereocenters. The largest absolute Gasteiger partial charge is 0.388 e. The third-order valence-corrected chi connectivity index (χ3v) is 1.33. The molecule has 0 N–H and O–H groups in total. The van der Waals surface area contributed by atoms with Crippen molar-refractivity contribution in [1.82, 2.24) is 0 Å². The lowest BCUT2D eigenvalue weighted by molar-refractivity contribution is 0.217. The summed E-state index contributed by atoms with van der Waals surface area (Å²) in [6, 6.07) is 0. The Bertz CT molecular complexity index is 29.8. The van der Waals surface area contributed by atoms with Gasteiger partial charge in [-0.2, -0.15) is 0 Å². The van der Waals surface area contributed by atoms with Crippen LogP contribution in [-0.4, -0.2) is 32.5 Å². The van der Waals surface area contributed by atoms with Crippen molar-refractivity contribution in [3.05, 3.63) is 0 Å². The summed E-state index contributed by atoms with van der Waals surface area (Å²) in [6.45, 7) is 0.963. The molecule has 0 radical (unpaired) electrons. The zero-order valence-electron chi connectivity index (χ0n) is 5.35. The van der Waals surface area contributed by atoms with E-state index >= 15 is 0 Å². The normalized spacial score (nSPS) is 17.2. The Morgan fingerprint density at radius 2 is 2.12 bits per heavy atom. The lowest BCUT2D eigenvalue weighted by atomic mass is 10.9. The van der Waals surface area contributed by atoms with Gasteiger partial charge < -0.3 is 9.47 Å². The number of thioether (sulfide) groups is 1. The summed E-state index contributed by atoms with van der Waals surface area (Å²) in [6.07, 6.45) is 0. The lowest BCUT2D eigenvalue weighted by Crippen LogP contribution is -1.77. The first-order valence-corrected chi connectivity index (χ1v) is 3.63. The van der Waals surface area contributed by atoms with Crippen LogP contribution in [0.4, 0.5) is 0 Å². The van der Waals surface area contributed by atoms with Crippen LogP contribution in [0.25, 0.3) is 0 Å². The smallest absolute Gasteiger partial charge is 0.0922 e. The molecule has 0 aromatic heterocycles. The van der Waals surface area contributed by atoms with Crippen molar-refractivity contribution in [1.29, 1.82) is 0 Å². The monoisotopic (exact) mass is 136 g/mol. The highest BCUT2D eigenvalue weighted by Gasteiger charge is 1.94. The van der Waals surface area contributed by atoms with E-state index in [2.05, 4.69) is 4.74 Å². The summed E-state index contributed by atoms with van der Waals surface area (Å²) in [7, 11) is 3.25. The minimum atomic E-state index is 0.917. The molecule has 0 amide bonds. The number of rotatable bonds is 0. The number of ether oxygens (including phenoxy) is 2. The van der Waals surface area contributed by atoms with E-state index in [1.165, 1.54) is 5.75 Å². The van der Waals surface area contributed by atoms with Gasteiger partial charge >= 0.3 is 0 Å². The predicted octanol–water partition coefficient (Wildman–Crippen LogP) is 0.970. The molecule has 8 heavy (non-hydrogen) atoms. The molecule has 1 rings (SSSR count). The van der Waals surface area contributed by atoms with Crippen LogP contribution in [0.2, 0.25) is 0 Å². The van der Waals surface area contributed by atoms with Crippen molar-refractivity contribution in [2.75, 3.05) is 32.5 Å². The fourth-order valence-electron chi connectivity index (χ4n) is 0.295. The van der Waals surface area contributed by atoms with E-state index in [0.717, 1.165) is 12.5 Å². The van der Waals surface area contributed by atoms with Crippen LogP contribution in [0, 0.1) is 0 Å². The fraction of sp³-hybridized carbons (Fsp3) is 1.00. The van der Waals surface area contributed by atoms with Crippen molar-refractivity contribution >= 4 is 11.8 Å². The lowest BCUT2D eigenvalue weighted by Gasteiger charge is -1.75. The van der Waals surface area contributed by atoms with Gasteiger partial charge in [-0.1, -0.05) is 0 Å². The van der Waals surface area contributed by atoms with Gasteiger partial charge in [0.15, 0.2) is 0 Å². The molecular formula is C5H12O2S. The van der Waals surface area contributed by atoms with E-state index in [1.807, 2.05) is 11.8 Å². The zero-order valence-corrected chi connectivity index (χ0v) is 6.16. The van der Waals surface area contributed by atoms with E-state index in [4.69, 9.17) is 4.74 Å². The Labute approximate surface area is 54.5 Å². The van der Waals surface area contributed by atoms with Gasteiger partial charge in [-0.3, -0.25) is 0 Å². The van der Waals surface area contributed by atoms with Crippen LogP contribution < -0.4 is 0 Å². The molecule has 0 saturated carbocycles. The Hall–Kier alpha value is 0.270. The summed E-state index contributed by atoms with van der Waals surface area (Å²) in [4.78, 5) is 0. The molecule has 50 valence electrons. The van der Waals surface area contributed by atoms with Gasteiger partial charge in [0, 0.05) is 20.0 Å². The van der Waals surface area contributed by atoms with Crippen molar-refractivity contribution in [3.8, 4) is 0 Å². The van der Waals surface area contributed by atoms with Crippen LogP contribution in [0.1, 0.15) is 0 Å². The van der Waals surface area contributed by atoms with Crippen LogP contribution in [0.15, 0.2) is 0 Å². The summed E-state index contributed by atoms with van der Waals surface area (Å²) in [5, 5.41) is 0. The highest BCUT2D eigenvalue weighted by molar-refractivity contribution is 7.99. The van der Waals surface area contributed by atoms with Gasteiger partial charge in [0.1, 0.15) is 0 Å². The third kappa shape index (κ3) is 6.27. The SMILES string of the molecule is C1CSCO1.COC. The molecule has 1 fully saturated rings. The minimum Gasteiger partial charge on any atom is -0.388 e. The van der Waals surface area contributed by atoms with E-state index in [-0.39, 0.29) is 0 Å². The summed E-state index contributed by atoms with van der Waals surface area (Å²) in [5.74, 6) is 2.11. The summed E-state index contributed by atoms with van der Waals surface area (Å²) in [5.41, 5.74) is 0. The molecule has 3 heteroatoms. The van der Waals surface area contributed by atoms with Crippen LogP contribution in [-0.2, 0) is 9.47 Å². The number of hydrogen-bond acceptors (Lipinski definition) is 3.